The zero-order chi connectivity index (χ0) is 13.8. The van der Waals surface area contributed by atoms with E-state index in [-0.39, 0.29) is 11.9 Å². The van der Waals surface area contributed by atoms with Crippen molar-refractivity contribution in [2.24, 2.45) is 0 Å². The molecule has 0 saturated carbocycles. The van der Waals surface area contributed by atoms with Gasteiger partial charge in [0.15, 0.2) is 0 Å². The van der Waals surface area contributed by atoms with Crippen LogP contribution >= 0.6 is 22.9 Å². The zero-order valence-electron chi connectivity index (χ0n) is 10.6. The van der Waals surface area contributed by atoms with E-state index >= 15 is 0 Å². The maximum atomic E-state index is 12.1. The van der Waals surface area contributed by atoms with E-state index in [2.05, 4.69) is 15.6 Å². The van der Waals surface area contributed by atoms with Crippen LogP contribution in [0.15, 0.2) is 30.5 Å². The van der Waals surface area contributed by atoms with Crippen LogP contribution in [0.25, 0.3) is 0 Å². The molecule has 0 radical (unpaired) electrons. The minimum atomic E-state index is -0.129. The van der Waals surface area contributed by atoms with Gasteiger partial charge >= 0.3 is 0 Å². The molecule has 0 saturated heterocycles. The van der Waals surface area contributed by atoms with Gasteiger partial charge in [-0.1, -0.05) is 11.6 Å². The van der Waals surface area contributed by atoms with Crippen LogP contribution in [0.3, 0.4) is 0 Å². The van der Waals surface area contributed by atoms with Crippen LogP contribution in [0.2, 0.25) is 4.34 Å². The van der Waals surface area contributed by atoms with E-state index in [0.717, 1.165) is 9.21 Å². The highest BCUT2D eigenvalue weighted by Crippen LogP contribution is 2.26. The van der Waals surface area contributed by atoms with Gasteiger partial charge in [0.25, 0.3) is 5.91 Å². The molecule has 0 spiro atoms. The van der Waals surface area contributed by atoms with Crippen molar-refractivity contribution < 1.29 is 4.79 Å². The molecule has 2 heterocycles. The summed E-state index contributed by atoms with van der Waals surface area (Å²) in [5, 5.41) is 5.84. The highest BCUT2D eigenvalue weighted by molar-refractivity contribution is 7.16. The van der Waals surface area contributed by atoms with Crippen molar-refractivity contribution in [2.45, 2.75) is 13.0 Å². The molecule has 100 valence electrons. The van der Waals surface area contributed by atoms with Crippen molar-refractivity contribution in [3.05, 3.63) is 45.2 Å². The molecular weight excluding hydrogens is 282 g/mol. The molecule has 0 aliphatic heterocycles. The normalized spacial score (nSPS) is 11.9. The van der Waals surface area contributed by atoms with Gasteiger partial charge in [-0.15, -0.1) is 11.3 Å². The fraction of sp³-hybridized carbons (Fsp3) is 0.231. The molecule has 2 N–H and O–H groups in total. The van der Waals surface area contributed by atoms with Gasteiger partial charge in [-0.05, 0) is 31.2 Å². The molecule has 2 aromatic rings. The van der Waals surface area contributed by atoms with Crippen LogP contribution in [-0.4, -0.2) is 17.9 Å². The molecule has 2 aromatic heterocycles. The Bertz CT molecular complexity index is 585. The highest BCUT2D eigenvalue weighted by Gasteiger charge is 2.13. The Balaban J connectivity index is 2.08. The molecule has 1 atom stereocenters. The minimum Gasteiger partial charge on any atom is -0.373 e. The highest BCUT2D eigenvalue weighted by atomic mass is 35.5. The first-order valence-electron chi connectivity index (χ1n) is 5.80. The minimum absolute atomic E-state index is 0.0730. The number of amides is 1. The zero-order valence-corrected chi connectivity index (χ0v) is 12.2. The first-order chi connectivity index (χ1) is 9.10. The Kier molecular flexibility index (Phi) is 4.39. The van der Waals surface area contributed by atoms with E-state index in [9.17, 15) is 4.79 Å². The second kappa shape index (κ2) is 6.04. The van der Waals surface area contributed by atoms with Crippen molar-refractivity contribution in [3.8, 4) is 0 Å². The molecule has 2 rings (SSSR count). The number of thiophene rings is 1. The molecule has 1 unspecified atom stereocenters. The van der Waals surface area contributed by atoms with Gasteiger partial charge in [0.05, 0.1) is 10.4 Å². The fourth-order valence-corrected chi connectivity index (χ4v) is 2.68. The Morgan fingerprint density at radius 2 is 2.21 bits per heavy atom. The summed E-state index contributed by atoms with van der Waals surface area (Å²) in [6, 6.07) is 7.07. The maximum absolute atomic E-state index is 12.1. The van der Waals surface area contributed by atoms with E-state index in [4.69, 9.17) is 11.6 Å². The summed E-state index contributed by atoms with van der Waals surface area (Å²) in [7, 11) is 1.76. The first-order valence-corrected chi connectivity index (χ1v) is 6.99. The first kappa shape index (κ1) is 13.8. The van der Waals surface area contributed by atoms with E-state index in [1.165, 1.54) is 11.3 Å². The Labute approximate surface area is 120 Å². The molecule has 19 heavy (non-hydrogen) atoms. The molecule has 0 bridgehead atoms. The lowest BCUT2D eigenvalue weighted by atomic mass is 10.2. The Morgan fingerprint density at radius 3 is 2.84 bits per heavy atom. The van der Waals surface area contributed by atoms with Gasteiger partial charge in [-0.2, -0.15) is 0 Å². The third-order valence-corrected chi connectivity index (χ3v) is 4.06. The van der Waals surface area contributed by atoms with Gasteiger partial charge in [-0.25, -0.2) is 4.98 Å². The summed E-state index contributed by atoms with van der Waals surface area (Å²) in [5.41, 5.74) is 0.578. The average molecular weight is 296 g/mol. The Hall–Kier alpha value is -1.59. The largest absolute Gasteiger partial charge is 0.373 e. The van der Waals surface area contributed by atoms with E-state index < -0.39 is 0 Å². The summed E-state index contributed by atoms with van der Waals surface area (Å²) in [6.07, 6.45) is 1.60. The fourth-order valence-electron chi connectivity index (χ4n) is 1.62. The SMILES string of the molecule is CNc1cc(C(=O)NC(C)c2ccc(Cl)s2)ccn1. The summed E-state index contributed by atoms with van der Waals surface area (Å²) in [6.45, 7) is 1.93. The van der Waals surface area contributed by atoms with Crippen LogP contribution in [-0.2, 0) is 0 Å². The summed E-state index contributed by atoms with van der Waals surface area (Å²) in [4.78, 5) is 17.2. The summed E-state index contributed by atoms with van der Waals surface area (Å²) < 4.78 is 0.720. The molecule has 1 amide bonds. The third-order valence-electron chi connectivity index (χ3n) is 2.65. The van der Waals surface area contributed by atoms with E-state index in [1.807, 2.05) is 19.1 Å². The van der Waals surface area contributed by atoms with Crippen molar-refractivity contribution in [2.75, 3.05) is 12.4 Å². The van der Waals surface area contributed by atoms with Gasteiger partial charge in [-0.3, -0.25) is 4.79 Å². The lowest BCUT2D eigenvalue weighted by Crippen LogP contribution is -2.26. The van der Waals surface area contributed by atoms with Crippen LogP contribution in [0.1, 0.15) is 28.2 Å². The second-order valence-corrected chi connectivity index (χ2v) is 5.76. The predicted molar refractivity (Wildman–Crippen MR) is 79.0 cm³/mol. The number of nitrogens with one attached hydrogen (secondary N) is 2. The van der Waals surface area contributed by atoms with Gasteiger partial charge < -0.3 is 10.6 Å². The number of anilines is 1. The number of rotatable bonds is 4. The topological polar surface area (TPSA) is 54.0 Å². The van der Waals surface area contributed by atoms with Crippen molar-refractivity contribution >= 4 is 34.7 Å². The van der Waals surface area contributed by atoms with Gasteiger partial charge in [0.2, 0.25) is 0 Å². The lowest BCUT2D eigenvalue weighted by molar-refractivity contribution is 0.0940. The predicted octanol–water partition coefficient (Wildman–Crippen LogP) is 3.33. The van der Waals surface area contributed by atoms with Crippen molar-refractivity contribution in [1.29, 1.82) is 0 Å². The molecule has 6 heteroatoms. The lowest BCUT2D eigenvalue weighted by Gasteiger charge is -2.12. The smallest absolute Gasteiger partial charge is 0.251 e. The van der Waals surface area contributed by atoms with Gasteiger partial charge in [0, 0.05) is 23.7 Å². The molecule has 0 fully saturated rings. The number of pyridine rings is 1. The van der Waals surface area contributed by atoms with E-state index in [1.54, 1.807) is 25.4 Å². The molecule has 0 aliphatic carbocycles. The van der Waals surface area contributed by atoms with Crippen LogP contribution in [0, 0.1) is 0 Å². The number of carbonyl (C=O) groups excluding carboxylic acids is 1. The van der Waals surface area contributed by atoms with Gasteiger partial charge in [0.1, 0.15) is 5.82 Å². The molecule has 0 aromatic carbocycles. The monoisotopic (exact) mass is 295 g/mol. The van der Waals surface area contributed by atoms with Crippen LogP contribution < -0.4 is 10.6 Å². The number of aromatic nitrogens is 1. The van der Waals surface area contributed by atoms with Crippen molar-refractivity contribution in [1.82, 2.24) is 10.3 Å². The molecule has 0 aliphatic rings. The molecule has 4 nitrogen and oxygen atoms in total. The quantitative estimate of drug-likeness (QED) is 0.910. The summed E-state index contributed by atoms with van der Waals surface area (Å²) >= 11 is 7.35. The molecular formula is C13H14ClN3OS. The number of halogens is 1. The van der Waals surface area contributed by atoms with Crippen LogP contribution in [0.5, 0.6) is 0 Å². The van der Waals surface area contributed by atoms with Crippen molar-refractivity contribution in [3.63, 3.8) is 0 Å². The number of hydrogen-bond acceptors (Lipinski definition) is 4. The van der Waals surface area contributed by atoms with E-state index in [0.29, 0.717) is 11.4 Å². The third kappa shape index (κ3) is 3.45. The van der Waals surface area contributed by atoms with Crippen LogP contribution in [0.4, 0.5) is 5.82 Å². The number of hydrogen-bond donors (Lipinski definition) is 2. The Morgan fingerprint density at radius 1 is 1.42 bits per heavy atom. The number of nitrogens with zero attached hydrogens (tertiary/aromatic N) is 1. The summed E-state index contributed by atoms with van der Waals surface area (Å²) in [5.74, 6) is 0.537. The number of carbonyl (C=O) groups is 1. The average Bonchev–Trinajstić information content (AvgIpc) is 2.85. The maximum Gasteiger partial charge on any atom is 0.251 e. The standard InChI is InChI=1S/C13H14ClN3OS/c1-8(10-3-4-11(14)19-10)17-13(18)9-5-6-16-12(7-9)15-2/h3-8H,1-2H3,(H,15,16)(H,17,18). The second-order valence-electron chi connectivity index (χ2n) is 4.02.